The molecule has 0 aromatic heterocycles. The van der Waals surface area contributed by atoms with E-state index in [1.165, 1.54) is 5.69 Å². The first-order chi connectivity index (χ1) is 7.66. The van der Waals surface area contributed by atoms with Crippen LogP contribution in [0.1, 0.15) is 12.8 Å². The molecular weight excluding hydrogens is 268 g/mol. The van der Waals surface area contributed by atoms with E-state index < -0.39 is 0 Å². The van der Waals surface area contributed by atoms with Crippen LogP contribution in [-0.4, -0.2) is 19.0 Å². The molecule has 0 spiro atoms. The third-order valence-electron chi connectivity index (χ3n) is 3.07. The van der Waals surface area contributed by atoms with Crippen molar-refractivity contribution in [1.82, 2.24) is 0 Å². The Morgan fingerprint density at radius 2 is 2.06 bits per heavy atom. The van der Waals surface area contributed by atoms with Crippen molar-refractivity contribution in [2.24, 2.45) is 11.7 Å². The van der Waals surface area contributed by atoms with E-state index in [1.807, 2.05) is 12.1 Å². The number of nitrogens with zero attached hydrogens (tertiary/aromatic N) is 1. The van der Waals surface area contributed by atoms with E-state index in [-0.39, 0.29) is 11.8 Å². The van der Waals surface area contributed by atoms with Crippen LogP contribution in [0, 0.1) is 5.92 Å². The third-order valence-corrected chi connectivity index (χ3v) is 3.56. The van der Waals surface area contributed by atoms with E-state index in [0.717, 1.165) is 30.4 Å². The van der Waals surface area contributed by atoms with E-state index in [2.05, 4.69) is 33.0 Å². The van der Waals surface area contributed by atoms with Crippen LogP contribution in [0.25, 0.3) is 0 Å². The fourth-order valence-corrected chi connectivity index (χ4v) is 2.48. The second kappa shape index (κ2) is 4.87. The van der Waals surface area contributed by atoms with Crippen LogP contribution in [0.2, 0.25) is 0 Å². The van der Waals surface area contributed by atoms with Crippen molar-refractivity contribution in [3.8, 4) is 0 Å². The van der Waals surface area contributed by atoms with Gasteiger partial charge in [0, 0.05) is 29.2 Å². The lowest BCUT2D eigenvalue weighted by molar-refractivity contribution is -0.122. The number of halogens is 1. The van der Waals surface area contributed by atoms with Crippen molar-refractivity contribution in [3.05, 3.63) is 28.7 Å². The summed E-state index contributed by atoms with van der Waals surface area (Å²) in [4.78, 5) is 13.3. The highest BCUT2D eigenvalue weighted by Gasteiger charge is 2.23. The maximum atomic E-state index is 11.0. The fraction of sp³-hybridized carbons (Fsp3) is 0.417. The minimum atomic E-state index is -0.158. The zero-order chi connectivity index (χ0) is 11.5. The number of primary amides is 1. The summed E-state index contributed by atoms with van der Waals surface area (Å²) < 4.78 is 1.09. The molecule has 1 aliphatic heterocycles. The van der Waals surface area contributed by atoms with Crippen molar-refractivity contribution >= 4 is 27.5 Å². The molecule has 1 aliphatic rings. The van der Waals surface area contributed by atoms with Crippen LogP contribution in [0.4, 0.5) is 5.69 Å². The standard InChI is InChI=1S/C12H15BrN2O/c13-10-2-1-3-11(8-10)15-6-4-9(5-7-15)12(14)16/h1-3,8-9H,4-7H2,(H2,14,16). The molecule has 1 amide bonds. The zero-order valence-electron chi connectivity index (χ0n) is 9.03. The summed E-state index contributed by atoms with van der Waals surface area (Å²) in [6.07, 6.45) is 1.73. The van der Waals surface area contributed by atoms with Gasteiger partial charge in [0.05, 0.1) is 0 Å². The number of hydrogen-bond acceptors (Lipinski definition) is 2. The monoisotopic (exact) mass is 282 g/mol. The summed E-state index contributed by atoms with van der Waals surface area (Å²) in [5.74, 6) is -0.0997. The van der Waals surface area contributed by atoms with Gasteiger partial charge in [-0.25, -0.2) is 0 Å². The van der Waals surface area contributed by atoms with E-state index >= 15 is 0 Å². The maximum Gasteiger partial charge on any atom is 0.220 e. The summed E-state index contributed by atoms with van der Waals surface area (Å²) in [7, 11) is 0. The zero-order valence-corrected chi connectivity index (χ0v) is 10.6. The van der Waals surface area contributed by atoms with Gasteiger partial charge in [-0.2, -0.15) is 0 Å². The Bertz CT molecular complexity index is 386. The number of hydrogen-bond donors (Lipinski definition) is 1. The molecule has 2 N–H and O–H groups in total. The molecule has 2 rings (SSSR count). The lowest BCUT2D eigenvalue weighted by Gasteiger charge is -2.32. The number of amides is 1. The average Bonchev–Trinajstić information content (AvgIpc) is 2.29. The lowest BCUT2D eigenvalue weighted by Crippen LogP contribution is -2.38. The average molecular weight is 283 g/mol. The van der Waals surface area contributed by atoms with Gasteiger partial charge in [0.1, 0.15) is 0 Å². The predicted octanol–water partition coefficient (Wildman–Crippen LogP) is 2.15. The molecule has 1 heterocycles. The summed E-state index contributed by atoms with van der Waals surface area (Å²) in [6, 6.07) is 8.24. The SMILES string of the molecule is NC(=O)C1CCN(c2cccc(Br)c2)CC1. The smallest absolute Gasteiger partial charge is 0.220 e. The molecule has 1 aromatic carbocycles. The van der Waals surface area contributed by atoms with E-state index in [4.69, 9.17) is 5.73 Å². The first-order valence-electron chi connectivity index (χ1n) is 5.46. The molecule has 0 aliphatic carbocycles. The molecule has 0 unspecified atom stereocenters. The molecule has 86 valence electrons. The topological polar surface area (TPSA) is 46.3 Å². The van der Waals surface area contributed by atoms with Gasteiger partial charge < -0.3 is 10.6 Å². The number of piperidine rings is 1. The Balaban J connectivity index is 2.01. The van der Waals surface area contributed by atoms with E-state index in [1.54, 1.807) is 0 Å². The van der Waals surface area contributed by atoms with Gasteiger partial charge in [-0.05, 0) is 31.0 Å². The van der Waals surface area contributed by atoms with Crippen molar-refractivity contribution in [3.63, 3.8) is 0 Å². The van der Waals surface area contributed by atoms with Crippen LogP contribution in [0.15, 0.2) is 28.7 Å². The number of carbonyl (C=O) groups excluding carboxylic acids is 1. The molecule has 1 aromatic rings. The molecule has 3 nitrogen and oxygen atoms in total. The van der Waals surface area contributed by atoms with Crippen molar-refractivity contribution in [2.75, 3.05) is 18.0 Å². The molecule has 1 fully saturated rings. The summed E-state index contributed by atoms with van der Waals surface area (Å²) in [5.41, 5.74) is 6.52. The number of nitrogens with two attached hydrogens (primary N) is 1. The first kappa shape index (κ1) is 11.5. The van der Waals surface area contributed by atoms with Crippen LogP contribution in [-0.2, 0) is 4.79 Å². The Morgan fingerprint density at radius 1 is 1.38 bits per heavy atom. The normalized spacial score (nSPS) is 17.4. The molecule has 4 heteroatoms. The van der Waals surface area contributed by atoms with Crippen LogP contribution in [0.5, 0.6) is 0 Å². The Morgan fingerprint density at radius 3 is 2.62 bits per heavy atom. The van der Waals surface area contributed by atoms with Crippen molar-refractivity contribution in [1.29, 1.82) is 0 Å². The Labute approximate surface area is 104 Å². The largest absolute Gasteiger partial charge is 0.371 e. The van der Waals surface area contributed by atoms with Crippen LogP contribution in [0.3, 0.4) is 0 Å². The van der Waals surface area contributed by atoms with Gasteiger partial charge in [-0.1, -0.05) is 22.0 Å². The summed E-state index contributed by atoms with van der Waals surface area (Å²) in [6.45, 7) is 1.81. The second-order valence-electron chi connectivity index (χ2n) is 4.14. The lowest BCUT2D eigenvalue weighted by atomic mass is 9.96. The summed E-state index contributed by atoms with van der Waals surface area (Å²) >= 11 is 3.46. The second-order valence-corrected chi connectivity index (χ2v) is 5.06. The summed E-state index contributed by atoms with van der Waals surface area (Å²) in [5, 5.41) is 0. The van der Waals surface area contributed by atoms with Crippen molar-refractivity contribution in [2.45, 2.75) is 12.8 Å². The van der Waals surface area contributed by atoms with Gasteiger partial charge in [0.2, 0.25) is 5.91 Å². The maximum absolute atomic E-state index is 11.0. The first-order valence-corrected chi connectivity index (χ1v) is 6.26. The minimum absolute atomic E-state index is 0.0587. The molecule has 0 radical (unpaired) electrons. The minimum Gasteiger partial charge on any atom is -0.371 e. The number of benzene rings is 1. The third kappa shape index (κ3) is 2.55. The van der Waals surface area contributed by atoms with Gasteiger partial charge >= 0.3 is 0 Å². The highest BCUT2D eigenvalue weighted by Crippen LogP contribution is 2.25. The highest BCUT2D eigenvalue weighted by atomic mass is 79.9. The van der Waals surface area contributed by atoms with E-state index in [0.29, 0.717) is 0 Å². The highest BCUT2D eigenvalue weighted by molar-refractivity contribution is 9.10. The molecule has 0 bridgehead atoms. The molecule has 0 atom stereocenters. The molecule has 16 heavy (non-hydrogen) atoms. The number of anilines is 1. The van der Waals surface area contributed by atoms with Gasteiger partial charge in [-0.3, -0.25) is 4.79 Å². The molecule has 1 saturated heterocycles. The van der Waals surface area contributed by atoms with Gasteiger partial charge in [-0.15, -0.1) is 0 Å². The predicted molar refractivity (Wildman–Crippen MR) is 68.3 cm³/mol. The fourth-order valence-electron chi connectivity index (χ4n) is 2.10. The Hall–Kier alpha value is -1.03. The Kier molecular flexibility index (Phi) is 3.49. The van der Waals surface area contributed by atoms with Crippen molar-refractivity contribution < 1.29 is 4.79 Å². The van der Waals surface area contributed by atoms with Crippen LogP contribution < -0.4 is 10.6 Å². The molecular formula is C12H15BrN2O. The molecule has 0 saturated carbocycles. The number of rotatable bonds is 2. The van der Waals surface area contributed by atoms with Gasteiger partial charge in [0.25, 0.3) is 0 Å². The number of carbonyl (C=O) groups is 1. The van der Waals surface area contributed by atoms with Crippen LogP contribution >= 0.6 is 15.9 Å². The van der Waals surface area contributed by atoms with Gasteiger partial charge in [0.15, 0.2) is 0 Å². The van der Waals surface area contributed by atoms with E-state index in [9.17, 15) is 4.79 Å². The quantitative estimate of drug-likeness (QED) is 0.904.